The first kappa shape index (κ1) is 46.9. The lowest BCUT2D eigenvalue weighted by atomic mass is 9.96. The molecule has 0 bridgehead atoms. The van der Waals surface area contributed by atoms with Crippen LogP contribution in [0.1, 0.15) is 141 Å². The summed E-state index contributed by atoms with van der Waals surface area (Å²) in [5.41, 5.74) is 6.16. The standard InChI is InChI=1S/C43H65FN5O9P/c1-4-5-6-7-8-9-10-11-12-13-14-15-16-17-18-19-22-52-27-34(28-53-36-24-33(26-45)23-35(44)25-36)29-55-59(50,51)56-31-43-30-54-39(40(43)57-42(2,3)58-43)37-20-21-38-41(46)47-32-48-49(37)38/h20-21,23-25,32,34,39-40H,4-19,22,27-31H2,1-3H3,(H,50,51)(H2,46,47,48)/t34?,39-,40-,43+/m0/s1. The molecule has 59 heavy (non-hydrogen) atoms. The van der Waals surface area contributed by atoms with Gasteiger partial charge in [-0.3, -0.25) is 9.05 Å². The van der Waals surface area contributed by atoms with E-state index in [0.717, 1.165) is 25.3 Å². The zero-order chi connectivity index (χ0) is 42.1. The molecule has 0 amide bonds. The molecule has 3 aromatic rings. The minimum atomic E-state index is -4.66. The van der Waals surface area contributed by atoms with Crippen molar-refractivity contribution >= 4 is 19.2 Å². The van der Waals surface area contributed by atoms with Gasteiger partial charge in [0.25, 0.3) is 0 Å². The Morgan fingerprint density at radius 2 is 1.63 bits per heavy atom. The van der Waals surface area contributed by atoms with Gasteiger partial charge in [0, 0.05) is 18.6 Å². The van der Waals surface area contributed by atoms with Gasteiger partial charge in [0.05, 0.1) is 50.4 Å². The molecule has 4 heterocycles. The molecule has 2 unspecified atom stereocenters. The first-order valence-corrected chi connectivity index (χ1v) is 23.0. The number of nitrogens with two attached hydrogens (primary N) is 1. The van der Waals surface area contributed by atoms with E-state index >= 15 is 0 Å². The maximum absolute atomic E-state index is 14.1. The molecule has 2 saturated heterocycles. The van der Waals surface area contributed by atoms with Crippen molar-refractivity contribution in [1.29, 1.82) is 5.26 Å². The number of anilines is 1. The van der Waals surface area contributed by atoms with Crippen molar-refractivity contribution in [2.24, 2.45) is 5.92 Å². The number of nitriles is 1. The maximum atomic E-state index is 14.1. The topological polar surface area (TPSA) is 182 Å². The van der Waals surface area contributed by atoms with Gasteiger partial charge in [0.1, 0.15) is 41.2 Å². The molecule has 14 nitrogen and oxygen atoms in total. The van der Waals surface area contributed by atoms with Crippen LogP contribution in [0.2, 0.25) is 0 Å². The highest BCUT2D eigenvalue weighted by Crippen LogP contribution is 2.52. The highest BCUT2D eigenvalue weighted by molar-refractivity contribution is 7.47. The lowest BCUT2D eigenvalue weighted by Crippen LogP contribution is -2.44. The number of halogens is 1. The summed E-state index contributed by atoms with van der Waals surface area (Å²) >= 11 is 0. The summed E-state index contributed by atoms with van der Waals surface area (Å²) in [4.78, 5) is 14.9. The molecule has 2 aliphatic heterocycles. The quantitative estimate of drug-likeness (QED) is 0.0499. The van der Waals surface area contributed by atoms with E-state index in [1.807, 2.05) is 12.1 Å². The zero-order valence-electron chi connectivity index (χ0n) is 35.2. The molecule has 2 aliphatic rings. The summed E-state index contributed by atoms with van der Waals surface area (Å²) in [7, 11) is -4.66. The van der Waals surface area contributed by atoms with Crippen LogP contribution in [0.3, 0.4) is 0 Å². The third-order valence-corrected chi connectivity index (χ3v) is 11.8. The number of rotatable bonds is 29. The molecule has 0 radical (unpaired) electrons. The summed E-state index contributed by atoms with van der Waals surface area (Å²) in [5.74, 6) is -1.73. The number of unbranched alkanes of at least 4 members (excludes halogenated alkanes) is 15. The van der Waals surface area contributed by atoms with Crippen molar-refractivity contribution in [2.45, 2.75) is 147 Å². The Bertz CT molecular complexity index is 1830. The summed E-state index contributed by atoms with van der Waals surface area (Å²) in [6.07, 6.45) is 20.4. The van der Waals surface area contributed by atoms with Gasteiger partial charge in [-0.1, -0.05) is 103 Å². The number of hydrogen-bond donors (Lipinski definition) is 2. The number of ether oxygens (including phenoxy) is 5. The average Bonchev–Trinajstić information content (AvgIpc) is 3.86. The number of nitrogens with zero attached hydrogens (tertiary/aromatic N) is 4. The predicted molar refractivity (Wildman–Crippen MR) is 221 cm³/mol. The molecule has 2 aromatic heterocycles. The van der Waals surface area contributed by atoms with Gasteiger partial charge >= 0.3 is 7.82 Å². The molecule has 0 spiro atoms. The lowest BCUT2D eigenvalue weighted by molar-refractivity contribution is -0.195. The number of phosphoric ester groups is 1. The normalized spacial score (nSPS) is 21.4. The monoisotopic (exact) mass is 845 g/mol. The third-order valence-electron chi connectivity index (χ3n) is 10.9. The highest BCUT2D eigenvalue weighted by Gasteiger charge is 2.62. The first-order valence-electron chi connectivity index (χ1n) is 21.5. The van der Waals surface area contributed by atoms with Gasteiger partial charge in [0.2, 0.25) is 0 Å². The Balaban J connectivity index is 1.06. The minimum absolute atomic E-state index is 0.00153. The van der Waals surface area contributed by atoms with E-state index in [2.05, 4.69) is 17.0 Å². The van der Waals surface area contributed by atoms with Gasteiger partial charge < -0.3 is 34.3 Å². The molecular weight excluding hydrogens is 780 g/mol. The third kappa shape index (κ3) is 14.5. The molecule has 0 aliphatic carbocycles. The number of phosphoric acid groups is 1. The van der Waals surface area contributed by atoms with Crippen molar-refractivity contribution in [1.82, 2.24) is 14.6 Å². The van der Waals surface area contributed by atoms with Gasteiger partial charge in [-0.15, -0.1) is 0 Å². The van der Waals surface area contributed by atoms with Crippen molar-refractivity contribution in [2.75, 3.05) is 45.4 Å². The second-order valence-corrected chi connectivity index (χ2v) is 17.9. The van der Waals surface area contributed by atoms with E-state index in [9.17, 15) is 19.1 Å². The Labute approximate surface area is 348 Å². The van der Waals surface area contributed by atoms with E-state index in [1.54, 1.807) is 24.4 Å². The van der Waals surface area contributed by atoms with Crippen LogP contribution in [0, 0.1) is 23.1 Å². The van der Waals surface area contributed by atoms with Crippen LogP contribution in [0.5, 0.6) is 5.75 Å². The Morgan fingerprint density at radius 1 is 0.966 bits per heavy atom. The van der Waals surface area contributed by atoms with Crippen LogP contribution in [0.4, 0.5) is 10.2 Å². The van der Waals surface area contributed by atoms with Crippen LogP contribution in [-0.4, -0.2) is 76.6 Å². The number of benzene rings is 1. The van der Waals surface area contributed by atoms with Crippen LogP contribution in [0.15, 0.2) is 36.7 Å². The number of hydrogen-bond acceptors (Lipinski definition) is 12. The SMILES string of the molecule is CCCCCCCCCCCCCCCCCCOCC(COc1cc(F)cc(C#N)c1)COP(=O)(O)OC[C@]12CO[C@@H](c3ccc4c(N)ncnn34)[C@@H]1OC(C)(C)O2. The molecular formula is C43H65FN5O9P. The smallest absolute Gasteiger partial charge is 0.472 e. The summed E-state index contributed by atoms with van der Waals surface area (Å²) in [6, 6.07) is 9.21. The van der Waals surface area contributed by atoms with Gasteiger partial charge in [-0.2, -0.15) is 10.4 Å². The van der Waals surface area contributed by atoms with Gasteiger partial charge in [0.15, 0.2) is 11.6 Å². The van der Waals surface area contributed by atoms with Crippen molar-refractivity contribution in [3.8, 4) is 11.8 Å². The molecule has 0 saturated carbocycles. The second kappa shape index (κ2) is 23.1. The minimum Gasteiger partial charge on any atom is -0.493 e. The Hall–Kier alpha value is -3.19. The summed E-state index contributed by atoms with van der Waals surface area (Å²) in [5, 5.41) is 13.6. The van der Waals surface area contributed by atoms with Crippen LogP contribution >= 0.6 is 7.82 Å². The van der Waals surface area contributed by atoms with E-state index in [1.165, 1.54) is 102 Å². The number of nitrogen functional groups attached to an aromatic ring is 1. The zero-order valence-corrected chi connectivity index (χ0v) is 36.1. The molecule has 5 rings (SSSR count). The number of fused-ring (bicyclic) bond motifs is 2. The van der Waals surface area contributed by atoms with Gasteiger partial charge in [-0.05, 0) is 44.5 Å². The van der Waals surface area contributed by atoms with Crippen molar-refractivity contribution in [3.05, 3.63) is 53.7 Å². The fourth-order valence-electron chi connectivity index (χ4n) is 7.83. The summed E-state index contributed by atoms with van der Waals surface area (Å²) in [6.45, 7) is 5.76. The molecule has 3 N–H and O–H groups in total. The lowest BCUT2D eigenvalue weighted by Gasteiger charge is -2.27. The number of aromatic nitrogens is 3. The molecule has 328 valence electrons. The van der Waals surface area contributed by atoms with Crippen LogP contribution in [-0.2, 0) is 32.6 Å². The fraction of sp³-hybridized carbons (Fsp3) is 0.698. The van der Waals surface area contributed by atoms with Gasteiger partial charge in [-0.25, -0.2) is 18.5 Å². The molecule has 1 aromatic carbocycles. The molecule has 2 fully saturated rings. The van der Waals surface area contributed by atoms with E-state index in [4.69, 9.17) is 38.5 Å². The van der Waals surface area contributed by atoms with E-state index in [0.29, 0.717) is 23.6 Å². The van der Waals surface area contributed by atoms with E-state index < -0.39 is 43.2 Å². The van der Waals surface area contributed by atoms with Crippen LogP contribution in [0.25, 0.3) is 5.52 Å². The second-order valence-electron chi connectivity index (χ2n) is 16.4. The van der Waals surface area contributed by atoms with Crippen LogP contribution < -0.4 is 10.5 Å². The Morgan fingerprint density at radius 3 is 2.29 bits per heavy atom. The maximum Gasteiger partial charge on any atom is 0.472 e. The van der Waals surface area contributed by atoms with Crippen molar-refractivity contribution < 1.29 is 46.6 Å². The first-order chi connectivity index (χ1) is 28.4. The van der Waals surface area contributed by atoms with Crippen molar-refractivity contribution in [3.63, 3.8) is 0 Å². The van der Waals surface area contributed by atoms with E-state index in [-0.39, 0.29) is 44.3 Å². The fourth-order valence-corrected chi connectivity index (χ4v) is 8.69. The average molecular weight is 846 g/mol. The molecule has 5 atom stereocenters. The predicted octanol–water partition coefficient (Wildman–Crippen LogP) is 9.39. The largest absolute Gasteiger partial charge is 0.493 e. The Kier molecular flexibility index (Phi) is 18.4. The highest BCUT2D eigenvalue weighted by atomic mass is 31.2. The summed E-state index contributed by atoms with van der Waals surface area (Å²) < 4.78 is 70.7. The molecule has 16 heteroatoms.